The van der Waals surface area contributed by atoms with E-state index >= 15 is 0 Å². The average Bonchev–Trinajstić information content (AvgIpc) is 2.44. The van der Waals surface area contributed by atoms with Crippen molar-refractivity contribution in [1.82, 2.24) is 5.32 Å². The lowest BCUT2D eigenvalue weighted by atomic mass is 10.0. The molecule has 1 aromatic carbocycles. The van der Waals surface area contributed by atoms with Crippen molar-refractivity contribution < 1.29 is 9.59 Å². The van der Waals surface area contributed by atoms with E-state index in [4.69, 9.17) is 0 Å². The fourth-order valence-corrected chi connectivity index (χ4v) is 1.59. The number of hydrogen-bond acceptors (Lipinski definition) is 3. The molecule has 0 aliphatic carbocycles. The molecule has 1 N–H and O–H groups in total. The second-order valence-electron chi connectivity index (χ2n) is 4.05. The molecule has 0 aromatic heterocycles. The fraction of sp³-hybridized carbons (Fsp3) is 0.250. The van der Waals surface area contributed by atoms with Crippen molar-refractivity contribution in [2.24, 2.45) is 0 Å². The molecule has 0 aliphatic heterocycles. The van der Waals surface area contributed by atoms with Gasteiger partial charge in [0, 0.05) is 23.9 Å². The number of rotatable bonds is 7. The minimum absolute atomic E-state index is 0.106. The van der Waals surface area contributed by atoms with Crippen LogP contribution in [0.15, 0.2) is 54.3 Å². The Morgan fingerprint density at radius 2 is 1.89 bits per heavy atom. The van der Waals surface area contributed by atoms with Gasteiger partial charge in [-0.05, 0) is 13.8 Å². The Bertz CT molecular complexity index is 487. The van der Waals surface area contributed by atoms with E-state index in [2.05, 4.69) is 5.32 Å². The summed E-state index contributed by atoms with van der Waals surface area (Å²) >= 11 is 0. The lowest BCUT2D eigenvalue weighted by Crippen LogP contribution is -2.13. The third-order valence-corrected chi connectivity index (χ3v) is 2.55. The summed E-state index contributed by atoms with van der Waals surface area (Å²) < 4.78 is 0. The highest BCUT2D eigenvalue weighted by atomic mass is 16.1. The minimum atomic E-state index is -0.173. The number of nitrogens with one attached hydrogen (secondary N) is 1. The van der Waals surface area contributed by atoms with Crippen molar-refractivity contribution in [1.29, 1.82) is 0 Å². The highest BCUT2D eigenvalue weighted by Crippen LogP contribution is 2.08. The molecule has 0 saturated heterocycles. The summed E-state index contributed by atoms with van der Waals surface area (Å²) in [5.74, 6) is -0.328. The third-order valence-electron chi connectivity index (χ3n) is 2.55. The van der Waals surface area contributed by atoms with Gasteiger partial charge in [0.05, 0.1) is 6.42 Å². The number of ketones is 2. The highest BCUT2D eigenvalue weighted by molar-refractivity contribution is 6.14. The molecule has 0 aliphatic rings. The van der Waals surface area contributed by atoms with Crippen LogP contribution in [0.3, 0.4) is 0 Å². The molecule has 0 unspecified atom stereocenters. The van der Waals surface area contributed by atoms with Crippen LogP contribution in [0.25, 0.3) is 0 Å². The minimum Gasteiger partial charge on any atom is -0.391 e. The number of hydrogen-bond donors (Lipinski definition) is 1. The zero-order valence-corrected chi connectivity index (χ0v) is 11.3. The van der Waals surface area contributed by atoms with Crippen LogP contribution in [-0.4, -0.2) is 18.1 Å². The van der Waals surface area contributed by atoms with Crippen LogP contribution in [0.2, 0.25) is 0 Å². The maximum atomic E-state index is 12.0. The van der Waals surface area contributed by atoms with Gasteiger partial charge in [0.25, 0.3) is 0 Å². The molecule has 19 heavy (non-hydrogen) atoms. The smallest absolute Gasteiger partial charge is 0.172 e. The molecule has 0 heterocycles. The first-order chi connectivity index (χ1) is 9.19. The Kier molecular flexibility index (Phi) is 6.30. The van der Waals surface area contributed by atoms with Crippen LogP contribution in [0.1, 0.15) is 30.6 Å². The maximum Gasteiger partial charge on any atom is 0.172 e. The Hall–Kier alpha value is -2.16. The molecule has 3 heteroatoms. The monoisotopic (exact) mass is 257 g/mol. The second kappa shape index (κ2) is 8.03. The van der Waals surface area contributed by atoms with Gasteiger partial charge in [-0.3, -0.25) is 9.59 Å². The van der Waals surface area contributed by atoms with Crippen molar-refractivity contribution in [3.05, 3.63) is 59.8 Å². The SMILES string of the molecule is C/C=C\C(=C/NCC)C(=O)CC(=O)c1ccccc1. The molecule has 3 nitrogen and oxygen atoms in total. The van der Waals surface area contributed by atoms with Crippen LogP contribution in [0.4, 0.5) is 0 Å². The van der Waals surface area contributed by atoms with E-state index in [1.807, 2.05) is 19.9 Å². The predicted molar refractivity (Wildman–Crippen MR) is 77.0 cm³/mol. The molecule has 0 fully saturated rings. The second-order valence-corrected chi connectivity index (χ2v) is 4.05. The van der Waals surface area contributed by atoms with Gasteiger partial charge in [0.15, 0.2) is 11.6 Å². The van der Waals surface area contributed by atoms with Crippen LogP contribution >= 0.6 is 0 Å². The Labute approximate surface area is 114 Å². The van der Waals surface area contributed by atoms with Gasteiger partial charge in [-0.1, -0.05) is 42.5 Å². The van der Waals surface area contributed by atoms with E-state index < -0.39 is 0 Å². The fourth-order valence-electron chi connectivity index (χ4n) is 1.59. The molecule has 0 amide bonds. The topological polar surface area (TPSA) is 46.2 Å². The summed E-state index contributed by atoms with van der Waals surface area (Å²) in [6.07, 6.45) is 5.05. The van der Waals surface area contributed by atoms with Gasteiger partial charge in [-0.25, -0.2) is 0 Å². The predicted octanol–water partition coefficient (Wildman–Crippen LogP) is 2.90. The van der Waals surface area contributed by atoms with Crippen molar-refractivity contribution in [2.45, 2.75) is 20.3 Å². The summed E-state index contributed by atoms with van der Waals surface area (Å²) in [5, 5.41) is 2.98. The van der Waals surface area contributed by atoms with Crippen molar-refractivity contribution in [3.63, 3.8) is 0 Å². The zero-order chi connectivity index (χ0) is 14.1. The highest BCUT2D eigenvalue weighted by Gasteiger charge is 2.13. The number of carbonyl (C=O) groups excluding carboxylic acids is 2. The molecule has 100 valence electrons. The Morgan fingerprint density at radius 3 is 2.47 bits per heavy atom. The first-order valence-corrected chi connectivity index (χ1v) is 6.36. The van der Waals surface area contributed by atoms with Crippen molar-refractivity contribution in [2.75, 3.05) is 6.54 Å². The van der Waals surface area contributed by atoms with Gasteiger partial charge in [0.1, 0.15) is 0 Å². The lowest BCUT2D eigenvalue weighted by molar-refractivity contribution is -0.114. The summed E-state index contributed by atoms with van der Waals surface area (Å²) in [6, 6.07) is 8.87. The van der Waals surface area contributed by atoms with Gasteiger partial charge >= 0.3 is 0 Å². The van der Waals surface area contributed by atoms with Gasteiger partial charge in [0.2, 0.25) is 0 Å². The Balaban J connectivity index is 2.75. The standard InChI is InChI=1S/C16H19NO2/c1-3-8-14(12-17-4-2)16(19)11-15(18)13-9-6-5-7-10-13/h3,5-10,12,17H,4,11H2,1-2H3/b8-3-,14-12+. The normalized spacial score (nSPS) is 11.6. The number of allylic oxidation sites excluding steroid dienone is 3. The van der Waals surface area contributed by atoms with E-state index in [-0.39, 0.29) is 18.0 Å². The van der Waals surface area contributed by atoms with Crippen molar-refractivity contribution in [3.8, 4) is 0 Å². The molecular weight excluding hydrogens is 238 g/mol. The van der Waals surface area contributed by atoms with E-state index in [0.717, 1.165) is 6.54 Å². The maximum absolute atomic E-state index is 12.0. The van der Waals surface area contributed by atoms with Crippen LogP contribution in [0.5, 0.6) is 0 Å². The zero-order valence-electron chi connectivity index (χ0n) is 11.3. The first-order valence-electron chi connectivity index (χ1n) is 6.36. The summed E-state index contributed by atoms with van der Waals surface area (Å²) in [5.41, 5.74) is 1.09. The third kappa shape index (κ3) is 4.92. The molecule has 0 saturated carbocycles. The van der Waals surface area contributed by atoms with Crippen LogP contribution in [0, 0.1) is 0 Å². The molecule has 0 spiro atoms. The lowest BCUT2D eigenvalue weighted by Gasteiger charge is -2.03. The van der Waals surface area contributed by atoms with Crippen LogP contribution in [-0.2, 0) is 4.79 Å². The van der Waals surface area contributed by atoms with E-state index in [9.17, 15) is 9.59 Å². The number of carbonyl (C=O) groups is 2. The van der Waals surface area contributed by atoms with E-state index in [0.29, 0.717) is 11.1 Å². The average molecular weight is 257 g/mol. The van der Waals surface area contributed by atoms with E-state index in [1.165, 1.54) is 0 Å². The van der Waals surface area contributed by atoms with Crippen molar-refractivity contribution >= 4 is 11.6 Å². The molecule has 1 rings (SSSR count). The molecule has 0 bridgehead atoms. The van der Waals surface area contributed by atoms with Gasteiger partial charge < -0.3 is 5.32 Å². The Morgan fingerprint density at radius 1 is 1.21 bits per heavy atom. The molecule has 1 aromatic rings. The summed E-state index contributed by atoms with van der Waals surface area (Å²) in [4.78, 5) is 24.0. The molecule has 0 atom stereocenters. The van der Waals surface area contributed by atoms with Gasteiger partial charge in [-0.15, -0.1) is 0 Å². The molecule has 0 radical (unpaired) electrons. The largest absolute Gasteiger partial charge is 0.391 e. The van der Waals surface area contributed by atoms with Gasteiger partial charge in [-0.2, -0.15) is 0 Å². The first kappa shape index (κ1) is 14.9. The summed E-state index contributed by atoms with van der Waals surface area (Å²) in [6.45, 7) is 4.52. The number of benzene rings is 1. The number of Topliss-reactive ketones (excluding diaryl/α,β-unsaturated/α-hetero) is 2. The quantitative estimate of drug-likeness (QED) is 0.353. The van der Waals surface area contributed by atoms with Crippen LogP contribution < -0.4 is 5.32 Å². The summed E-state index contributed by atoms with van der Waals surface area (Å²) in [7, 11) is 0. The molecular formula is C16H19NO2. The van der Waals surface area contributed by atoms with E-state index in [1.54, 1.807) is 42.6 Å².